The van der Waals surface area contributed by atoms with Gasteiger partial charge in [-0.1, -0.05) is 49.6 Å². The SMILES string of the molecule is COc1cc(C(=O)OCC(=O)NC2(C#N)CCCCC2)ccc1OCc1ccccc1. The highest BCUT2D eigenvalue weighted by molar-refractivity contribution is 5.92. The van der Waals surface area contributed by atoms with E-state index >= 15 is 0 Å². The molecule has 0 aliphatic heterocycles. The molecule has 0 spiro atoms. The van der Waals surface area contributed by atoms with Gasteiger partial charge in [0.15, 0.2) is 18.1 Å². The fraction of sp³-hybridized carbons (Fsp3) is 0.375. The fourth-order valence-corrected chi connectivity index (χ4v) is 3.59. The Morgan fingerprint density at radius 3 is 2.48 bits per heavy atom. The van der Waals surface area contributed by atoms with Gasteiger partial charge < -0.3 is 19.5 Å². The third-order valence-corrected chi connectivity index (χ3v) is 5.27. The summed E-state index contributed by atoms with van der Waals surface area (Å²) in [5.74, 6) is -0.251. The van der Waals surface area contributed by atoms with E-state index in [0.717, 1.165) is 24.8 Å². The summed E-state index contributed by atoms with van der Waals surface area (Å²) in [4.78, 5) is 24.6. The van der Waals surface area contributed by atoms with Crippen LogP contribution >= 0.6 is 0 Å². The minimum Gasteiger partial charge on any atom is -0.493 e. The summed E-state index contributed by atoms with van der Waals surface area (Å²) in [5.41, 5.74) is 0.388. The van der Waals surface area contributed by atoms with Crippen molar-refractivity contribution in [2.75, 3.05) is 13.7 Å². The Labute approximate surface area is 181 Å². The van der Waals surface area contributed by atoms with Crippen LogP contribution in [0, 0.1) is 11.3 Å². The molecule has 7 heteroatoms. The van der Waals surface area contributed by atoms with Crippen molar-refractivity contribution < 1.29 is 23.8 Å². The molecule has 0 aromatic heterocycles. The van der Waals surface area contributed by atoms with Crippen molar-refractivity contribution in [2.24, 2.45) is 0 Å². The lowest BCUT2D eigenvalue weighted by molar-refractivity contribution is -0.125. The van der Waals surface area contributed by atoms with Gasteiger partial charge in [0.1, 0.15) is 12.1 Å². The maximum Gasteiger partial charge on any atom is 0.338 e. The smallest absolute Gasteiger partial charge is 0.338 e. The highest BCUT2D eigenvalue weighted by Crippen LogP contribution is 2.29. The Kier molecular flexibility index (Phi) is 7.50. The molecule has 0 heterocycles. The Morgan fingerprint density at radius 2 is 1.81 bits per heavy atom. The van der Waals surface area contributed by atoms with Gasteiger partial charge in [0.25, 0.3) is 5.91 Å². The third kappa shape index (κ3) is 5.98. The number of benzene rings is 2. The van der Waals surface area contributed by atoms with E-state index in [1.165, 1.54) is 13.2 Å². The molecule has 162 valence electrons. The Morgan fingerprint density at radius 1 is 1.06 bits per heavy atom. The van der Waals surface area contributed by atoms with E-state index in [1.807, 2.05) is 30.3 Å². The molecule has 1 amide bonds. The number of methoxy groups -OCH3 is 1. The molecule has 1 fully saturated rings. The normalized spacial score (nSPS) is 14.7. The molecular weight excluding hydrogens is 396 g/mol. The van der Waals surface area contributed by atoms with Crippen LogP contribution in [0.25, 0.3) is 0 Å². The maximum absolute atomic E-state index is 12.4. The first-order valence-electron chi connectivity index (χ1n) is 10.3. The number of nitrogens with zero attached hydrogens (tertiary/aromatic N) is 1. The first-order valence-corrected chi connectivity index (χ1v) is 10.3. The lowest BCUT2D eigenvalue weighted by atomic mass is 9.83. The van der Waals surface area contributed by atoms with E-state index < -0.39 is 24.0 Å². The summed E-state index contributed by atoms with van der Waals surface area (Å²) >= 11 is 0. The van der Waals surface area contributed by atoms with E-state index in [9.17, 15) is 14.9 Å². The first kappa shape index (κ1) is 22.2. The van der Waals surface area contributed by atoms with Gasteiger partial charge in [0.05, 0.1) is 18.7 Å². The van der Waals surface area contributed by atoms with Crippen molar-refractivity contribution in [2.45, 2.75) is 44.2 Å². The molecule has 3 rings (SSSR count). The standard InChI is InChI=1S/C24H26N2O5/c1-29-21-14-19(10-11-20(21)30-15-18-8-4-2-5-9-18)23(28)31-16-22(27)26-24(17-25)12-6-3-7-13-24/h2,4-5,8-11,14H,3,6-7,12-13,15-16H2,1H3,(H,26,27). The van der Waals surface area contributed by atoms with Gasteiger partial charge in [0.2, 0.25) is 0 Å². The van der Waals surface area contributed by atoms with Crippen molar-refractivity contribution >= 4 is 11.9 Å². The van der Waals surface area contributed by atoms with Crippen LogP contribution in [0.1, 0.15) is 48.0 Å². The summed E-state index contributed by atoms with van der Waals surface area (Å²) in [6, 6.07) is 16.6. The number of rotatable bonds is 8. The minimum atomic E-state index is -0.858. The average Bonchev–Trinajstić information content (AvgIpc) is 2.82. The van der Waals surface area contributed by atoms with Gasteiger partial charge in [-0.15, -0.1) is 0 Å². The second-order valence-electron chi connectivity index (χ2n) is 7.52. The summed E-state index contributed by atoms with van der Waals surface area (Å²) in [6.45, 7) is -0.0847. The van der Waals surface area contributed by atoms with Crippen molar-refractivity contribution in [1.82, 2.24) is 5.32 Å². The highest BCUT2D eigenvalue weighted by Gasteiger charge is 2.33. The molecule has 1 saturated carbocycles. The molecule has 1 aliphatic carbocycles. The molecule has 0 atom stereocenters. The van der Waals surface area contributed by atoms with Crippen LogP contribution in [-0.4, -0.2) is 31.1 Å². The topological polar surface area (TPSA) is 97.6 Å². The summed E-state index contributed by atoms with van der Waals surface area (Å²) in [6.07, 6.45) is 4.08. The number of hydrogen-bond donors (Lipinski definition) is 1. The number of nitriles is 1. The quantitative estimate of drug-likeness (QED) is 0.651. The van der Waals surface area contributed by atoms with E-state index in [0.29, 0.717) is 30.9 Å². The number of hydrogen-bond acceptors (Lipinski definition) is 6. The average molecular weight is 422 g/mol. The largest absolute Gasteiger partial charge is 0.493 e. The van der Waals surface area contributed by atoms with E-state index in [2.05, 4.69) is 11.4 Å². The van der Waals surface area contributed by atoms with E-state index in [1.54, 1.807) is 12.1 Å². The van der Waals surface area contributed by atoms with E-state index in [4.69, 9.17) is 14.2 Å². The number of esters is 1. The second kappa shape index (κ2) is 10.5. The number of nitrogens with one attached hydrogen (secondary N) is 1. The molecule has 2 aromatic rings. The zero-order chi connectivity index (χ0) is 22.1. The second-order valence-corrected chi connectivity index (χ2v) is 7.52. The molecule has 0 unspecified atom stereocenters. The van der Waals surface area contributed by atoms with Gasteiger partial charge >= 0.3 is 5.97 Å². The van der Waals surface area contributed by atoms with Crippen molar-refractivity contribution in [3.8, 4) is 17.6 Å². The number of ether oxygens (including phenoxy) is 3. The molecule has 0 bridgehead atoms. The molecule has 2 aromatic carbocycles. The van der Waals surface area contributed by atoms with Gasteiger partial charge in [-0.2, -0.15) is 5.26 Å². The van der Waals surface area contributed by atoms with Crippen LogP contribution in [0.5, 0.6) is 11.5 Å². The molecule has 1 aliphatic rings. The van der Waals surface area contributed by atoms with Crippen LogP contribution in [0.2, 0.25) is 0 Å². The minimum absolute atomic E-state index is 0.240. The first-order chi connectivity index (χ1) is 15.0. The fourth-order valence-electron chi connectivity index (χ4n) is 3.59. The molecule has 1 N–H and O–H groups in total. The Bertz CT molecular complexity index is 946. The Hall–Kier alpha value is -3.53. The summed E-state index contributed by atoms with van der Waals surface area (Å²) in [7, 11) is 1.48. The van der Waals surface area contributed by atoms with Crippen molar-refractivity contribution in [3.05, 3.63) is 59.7 Å². The van der Waals surface area contributed by atoms with Crippen LogP contribution in [0.3, 0.4) is 0 Å². The van der Waals surface area contributed by atoms with Crippen LogP contribution in [0.15, 0.2) is 48.5 Å². The van der Waals surface area contributed by atoms with Crippen molar-refractivity contribution in [3.63, 3.8) is 0 Å². The molecule has 7 nitrogen and oxygen atoms in total. The van der Waals surface area contributed by atoms with Crippen LogP contribution < -0.4 is 14.8 Å². The summed E-state index contributed by atoms with van der Waals surface area (Å²) in [5, 5.41) is 12.2. The number of carbonyl (C=O) groups is 2. The predicted molar refractivity (Wildman–Crippen MR) is 114 cm³/mol. The highest BCUT2D eigenvalue weighted by atomic mass is 16.5. The molecule has 0 radical (unpaired) electrons. The van der Waals surface area contributed by atoms with Gasteiger partial charge in [-0.25, -0.2) is 4.79 Å². The number of carbonyl (C=O) groups excluding carboxylic acids is 2. The molecular formula is C24H26N2O5. The lowest BCUT2D eigenvalue weighted by Crippen LogP contribution is -2.50. The zero-order valence-corrected chi connectivity index (χ0v) is 17.6. The lowest BCUT2D eigenvalue weighted by Gasteiger charge is -2.31. The molecule has 31 heavy (non-hydrogen) atoms. The monoisotopic (exact) mass is 422 g/mol. The third-order valence-electron chi connectivity index (χ3n) is 5.27. The predicted octanol–water partition coefficient (Wildman–Crippen LogP) is 3.77. The zero-order valence-electron chi connectivity index (χ0n) is 17.6. The van der Waals surface area contributed by atoms with Gasteiger partial charge in [0, 0.05) is 0 Å². The maximum atomic E-state index is 12.4. The van der Waals surface area contributed by atoms with Crippen LogP contribution in [0.4, 0.5) is 0 Å². The van der Waals surface area contributed by atoms with Gasteiger partial charge in [-0.05, 0) is 36.6 Å². The van der Waals surface area contributed by atoms with Crippen molar-refractivity contribution in [1.29, 1.82) is 5.26 Å². The molecule has 0 saturated heterocycles. The van der Waals surface area contributed by atoms with Crippen LogP contribution in [-0.2, 0) is 16.1 Å². The van der Waals surface area contributed by atoms with Gasteiger partial charge in [-0.3, -0.25) is 4.79 Å². The van der Waals surface area contributed by atoms with E-state index in [-0.39, 0.29) is 5.56 Å². The summed E-state index contributed by atoms with van der Waals surface area (Å²) < 4.78 is 16.2. The Balaban J connectivity index is 1.56. The number of amides is 1.